The van der Waals surface area contributed by atoms with Crippen molar-refractivity contribution in [3.63, 3.8) is 0 Å². The molecular weight excluding hydrogens is 328 g/mol. The molecule has 1 amide bonds. The van der Waals surface area contributed by atoms with Crippen LogP contribution in [0.5, 0.6) is 11.5 Å². The lowest BCUT2D eigenvalue weighted by Crippen LogP contribution is -2.44. The van der Waals surface area contributed by atoms with Gasteiger partial charge < -0.3 is 15.2 Å². The summed E-state index contributed by atoms with van der Waals surface area (Å²) in [6.45, 7) is 3.79. The fourth-order valence-corrected chi connectivity index (χ4v) is 3.12. The number of carbonyl (C=O) groups is 1. The average molecular weight is 346 g/mol. The third-order valence-electron chi connectivity index (χ3n) is 4.26. The van der Waals surface area contributed by atoms with Gasteiger partial charge in [0.15, 0.2) is 11.5 Å². The number of nitrogens with one attached hydrogen (secondary N) is 1. The molecule has 1 aromatic heterocycles. The lowest BCUT2D eigenvalue weighted by Gasteiger charge is -2.27. The molecule has 1 aliphatic rings. The maximum Gasteiger partial charge on any atom is 0.301 e. The summed E-state index contributed by atoms with van der Waals surface area (Å²) in [5.41, 5.74) is 0.985. The van der Waals surface area contributed by atoms with Gasteiger partial charge in [-0.2, -0.15) is 5.10 Å². The van der Waals surface area contributed by atoms with Crippen LogP contribution in [0.15, 0.2) is 24.4 Å². The van der Waals surface area contributed by atoms with E-state index in [4.69, 9.17) is 4.74 Å². The van der Waals surface area contributed by atoms with E-state index in [-0.39, 0.29) is 17.5 Å². The number of nitrogens with zero attached hydrogens (tertiary/aromatic N) is 3. The van der Waals surface area contributed by atoms with Crippen molar-refractivity contribution in [3.05, 3.63) is 45.6 Å². The number of ether oxygens (including phenoxy) is 1. The molecule has 2 N–H and O–H groups in total. The molecular formula is C16H18N4O5. The molecule has 2 heterocycles. The van der Waals surface area contributed by atoms with Crippen molar-refractivity contribution < 1.29 is 19.6 Å². The molecule has 3 rings (SSSR count). The van der Waals surface area contributed by atoms with Crippen molar-refractivity contribution in [2.45, 2.75) is 31.8 Å². The van der Waals surface area contributed by atoms with Gasteiger partial charge in [0.25, 0.3) is 0 Å². The van der Waals surface area contributed by atoms with Crippen LogP contribution in [0, 0.1) is 10.1 Å². The van der Waals surface area contributed by atoms with Crippen LogP contribution in [-0.2, 0) is 4.79 Å². The standard InChI is InChI=1S/C16H18N4O5/c1-8(2)19-15-10(7-17-19)13(14(20(23)24)16(22)18-15)9-4-5-12(25-3)11(21)6-9/h4-8,13-14,21H,1-3H3,(H,18,22)/t13-,14+/m0/s1. The maximum atomic E-state index is 12.4. The summed E-state index contributed by atoms with van der Waals surface area (Å²) in [4.78, 5) is 23.3. The van der Waals surface area contributed by atoms with Crippen molar-refractivity contribution in [2.24, 2.45) is 0 Å². The van der Waals surface area contributed by atoms with E-state index < -0.39 is 22.8 Å². The van der Waals surface area contributed by atoms with E-state index in [0.717, 1.165) is 0 Å². The van der Waals surface area contributed by atoms with Crippen molar-refractivity contribution in [1.82, 2.24) is 9.78 Å². The van der Waals surface area contributed by atoms with Crippen LogP contribution in [0.4, 0.5) is 5.82 Å². The first kappa shape index (κ1) is 16.7. The van der Waals surface area contributed by atoms with Crippen LogP contribution in [0.25, 0.3) is 0 Å². The minimum Gasteiger partial charge on any atom is -0.504 e. The molecule has 0 radical (unpaired) electrons. The highest BCUT2D eigenvalue weighted by Crippen LogP contribution is 2.41. The Morgan fingerprint density at radius 3 is 2.72 bits per heavy atom. The van der Waals surface area contributed by atoms with Gasteiger partial charge in [0.05, 0.1) is 19.2 Å². The Labute approximate surface area is 143 Å². The number of amides is 1. The van der Waals surface area contributed by atoms with Gasteiger partial charge in [-0.25, -0.2) is 4.68 Å². The number of aromatic nitrogens is 2. The Kier molecular flexibility index (Phi) is 4.07. The molecule has 132 valence electrons. The molecule has 0 spiro atoms. The maximum absolute atomic E-state index is 12.4. The lowest BCUT2D eigenvalue weighted by atomic mass is 9.83. The van der Waals surface area contributed by atoms with Crippen LogP contribution < -0.4 is 10.1 Å². The zero-order chi connectivity index (χ0) is 18.3. The molecule has 2 atom stereocenters. The summed E-state index contributed by atoms with van der Waals surface area (Å²) in [5, 5.41) is 28.4. The summed E-state index contributed by atoms with van der Waals surface area (Å²) in [6, 6.07) is 2.97. The van der Waals surface area contributed by atoms with Gasteiger partial charge in [0.1, 0.15) is 5.82 Å². The van der Waals surface area contributed by atoms with E-state index >= 15 is 0 Å². The summed E-state index contributed by atoms with van der Waals surface area (Å²) in [6.07, 6.45) is 1.53. The second-order valence-corrected chi connectivity index (χ2v) is 6.12. The summed E-state index contributed by atoms with van der Waals surface area (Å²) in [5.74, 6) is -1.02. The number of hydrogen-bond donors (Lipinski definition) is 2. The number of nitro groups is 1. The minimum absolute atomic E-state index is 0.0267. The highest BCUT2D eigenvalue weighted by molar-refractivity contribution is 5.98. The van der Waals surface area contributed by atoms with Gasteiger partial charge in [-0.15, -0.1) is 0 Å². The van der Waals surface area contributed by atoms with Crippen LogP contribution in [-0.4, -0.2) is 38.9 Å². The molecule has 1 aliphatic heterocycles. The Hall–Kier alpha value is -3.10. The average Bonchev–Trinajstić information content (AvgIpc) is 2.96. The molecule has 0 aliphatic carbocycles. The van der Waals surface area contributed by atoms with Crippen LogP contribution in [0.2, 0.25) is 0 Å². The third kappa shape index (κ3) is 2.67. The van der Waals surface area contributed by atoms with Crippen molar-refractivity contribution in [2.75, 3.05) is 12.4 Å². The summed E-state index contributed by atoms with van der Waals surface area (Å²) in [7, 11) is 1.41. The van der Waals surface area contributed by atoms with E-state index in [1.54, 1.807) is 10.7 Å². The van der Waals surface area contributed by atoms with Gasteiger partial charge in [-0.1, -0.05) is 6.07 Å². The monoisotopic (exact) mass is 346 g/mol. The van der Waals surface area contributed by atoms with E-state index in [9.17, 15) is 20.0 Å². The second-order valence-electron chi connectivity index (χ2n) is 6.12. The van der Waals surface area contributed by atoms with E-state index in [0.29, 0.717) is 16.9 Å². The highest BCUT2D eigenvalue weighted by Gasteiger charge is 2.47. The Morgan fingerprint density at radius 2 is 2.16 bits per heavy atom. The number of anilines is 1. The fourth-order valence-electron chi connectivity index (χ4n) is 3.12. The topological polar surface area (TPSA) is 120 Å². The molecule has 9 heteroatoms. The number of phenolic OH excluding ortho intramolecular Hbond substituents is 1. The molecule has 0 bridgehead atoms. The zero-order valence-corrected chi connectivity index (χ0v) is 14.0. The second kappa shape index (κ2) is 6.08. The van der Waals surface area contributed by atoms with Gasteiger partial charge >= 0.3 is 11.9 Å². The molecule has 2 aromatic rings. The van der Waals surface area contributed by atoms with Gasteiger partial charge in [0, 0.05) is 16.5 Å². The van der Waals surface area contributed by atoms with Crippen LogP contribution in [0.3, 0.4) is 0 Å². The number of fused-ring (bicyclic) bond motifs is 1. The molecule has 25 heavy (non-hydrogen) atoms. The van der Waals surface area contributed by atoms with Gasteiger partial charge in [0.2, 0.25) is 0 Å². The Morgan fingerprint density at radius 1 is 1.44 bits per heavy atom. The van der Waals surface area contributed by atoms with E-state index in [1.807, 2.05) is 13.8 Å². The third-order valence-corrected chi connectivity index (χ3v) is 4.26. The predicted octanol–water partition coefficient (Wildman–Crippen LogP) is 1.91. The quantitative estimate of drug-likeness (QED) is 0.644. The van der Waals surface area contributed by atoms with E-state index in [2.05, 4.69) is 10.4 Å². The van der Waals surface area contributed by atoms with Gasteiger partial charge in [-0.05, 0) is 31.5 Å². The number of methoxy groups -OCH3 is 1. The number of rotatable bonds is 4. The number of hydrogen-bond acceptors (Lipinski definition) is 6. The Balaban J connectivity index is 2.19. The summed E-state index contributed by atoms with van der Waals surface area (Å²) < 4.78 is 6.62. The molecule has 0 fully saturated rings. The summed E-state index contributed by atoms with van der Waals surface area (Å²) >= 11 is 0. The number of carbonyl (C=O) groups excluding carboxylic acids is 1. The van der Waals surface area contributed by atoms with Crippen molar-refractivity contribution in [1.29, 1.82) is 0 Å². The molecule has 0 saturated carbocycles. The largest absolute Gasteiger partial charge is 0.504 e. The van der Waals surface area contributed by atoms with Crippen LogP contribution >= 0.6 is 0 Å². The van der Waals surface area contributed by atoms with Gasteiger partial charge in [-0.3, -0.25) is 14.9 Å². The number of benzene rings is 1. The normalized spacial score (nSPS) is 19.4. The zero-order valence-electron chi connectivity index (χ0n) is 14.0. The van der Waals surface area contributed by atoms with Crippen molar-refractivity contribution in [3.8, 4) is 11.5 Å². The molecule has 0 saturated heterocycles. The Bertz CT molecular complexity index is 845. The number of phenols is 1. The first-order chi connectivity index (χ1) is 11.8. The SMILES string of the molecule is COc1ccc([C@H]2c3cnn(C(C)C)c3NC(=O)[C@@H]2[N+](=O)[O-])cc1O. The number of aromatic hydroxyl groups is 1. The fraction of sp³-hybridized carbons (Fsp3) is 0.375. The smallest absolute Gasteiger partial charge is 0.301 e. The minimum atomic E-state index is -1.51. The lowest BCUT2D eigenvalue weighted by molar-refractivity contribution is -0.509. The molecule has 0 unspecified atom stereocenters. The predicted molar refractivity (Wildman–Crippen MR) is 88.5 cm³/mol. The molecule has 9 nitrogen and oxygen atoms in total. The first-order valence-corrected chi connectivity index (χ1v) is 7.73. The van der Waals surface area contributed by atoms with E-state index in [1.165, 1.54) is 25.4 Å². The van der Waals surface area contributed by atoms with Crippen molar-refractivity contribution >= 4 is 11.7 Å². The van der Waals surface area contributed by atoms with Crippen LogP contribution in [0.1, 0.15) is 36.9 Å². The molecule has 1 aromatic carbocycles. The highest BCUT2D eigenvalue weighted by atomic mass is 16.6. The first-order valence-electron chi connectivity index (χ1n) is 7.73.